The zero-order valence-electron chi connectivity index (χ0n) is 13.7. The molecular weight excluding hydrogens is 290 g/mol. The molecule has 1 aromatic heterocycles. The zero-order chi connectivity index (χ0) is 16.8. The van der Waals surface area contributed by atoms with Gasteiger partial charge in [-0.05, 0) is 24.6 Å². The number of benzene rings is 1. The number of hydrogen-bond donors (Lipinski definition) is 2. The minimum Gasteiger partial charge on any atom is -0.391 e. The minimum absolute atomic E-state index is 0.213. The summed E-state index contributed by atoms with van der Waals surface area (Å²) in [5.41, 5.74) is 1.57. The van der Waals surface area contributed by atoms with Gasteiger partial charge in [-0.25, -0.2) is 4.98 Å². The summed E-state index contributed by atoms with van der Waals surface area (Å²) in [6.07, 6.45) is 1.47. The lowest BCUT2D eigenvalue weighted by Gasteiger charge is -2.21. The Morgan fingerprint density at radius 1 is 1.26 bits per heavy atom. The number of amides is 1. The molecule has 0 aliphatic heterocycles. The molecule has 2 rings (SSSR count). The maximum absolute atomic E-state index is 12.3. The third-order valence-corrected chi connectivity index (χ3v) is 3.69. The Morgan fingerprint density at radius 3 is 2.61 bits per heavy atom. The highest BCUT2D eigenvalue weighted by Gasteiger charge is 2.18. The van der Waals surface area contributed by atoms with Gasteiger partial charge in [0.25, 0.3) is 5.91 Å². The number of hydrogen-bond acceptors (Lipinski definition) is 4. The van der Waals surface area contributed by atoms with E-state index in [1.165, 1.54) is 0 Å². The van der Waals surface area contributed by atoms with Crippen LogP contribution < -0.4 is 10.2 Å². The van der Waals surface area contributed by atoms with Gasteiger partial charge in [0.2, 0.25) is 0 Å². The first kappa shape index (κ1) is 17.0. The average Bonchev–Trinajstić information content (AvgIpc) is 2.55. The Labute approximate surface area is 137 Å². The molecule has 0 saturated carbocycles. The highest BCUT2D eigenvalue weighted by molar-refractivity contribution is 5.95. The van der Waals surface area contributed by atoms with Crippen molar-refractivity contribution >= 4 is 11.7 Å². The fourth-order valence-corrected chi connectivity index (χ4v) is 2.22. The van der Waals surface area contributed by atoms with Crippen molar-refractivity contribution in [1.29, 1.82) is 0 Å². The lowest BCUT2D eigenvalue weighted by atomic mass is 10.0. The summed E-state index contributed by atoms with van der Waals surface area (Å²) < 4.78 is 0. The number of carbonyl (C=O) groups is 1. The Kier molecular flexibility index (Phi) is 5.71. The molecule has 0 radical (unpaired) electrons. The highest BCUT2D eigenvalue weighted by Crippen LogP contribution is 2.11. The quantitative estimate of drug-likeness (QED) is 0.854. The first-order chi connectivity index (χ1) is 11.0. The summed E-state index contributed by atoms with van der Waals surface area (Å²) in [5, 5.41) is 13.1. The Hall–Kier alpha value is -2.40. The van der Waals surface area contributed by atoms with Gasteiger partial charge in [0.15, 0.2) is 0 Å². The van der Waals surface area contributed by atoms with Gasteiger partial charge in [0, 0.05) is 32.3 Å². The van der Waals surface area contributed by atoms with Gasteiger partial charge in [-0.3, -0.25) is 4.79 Å². The van der Waals surface area contributed by atoms with Crippen molar-refractivity contribution in [2.24, 2.45) is 0 Å². The van der Waals surface area contributed by atoms with Crippen molar-refractivity contribution in [2.45, 2.75) is 25.5 Å². The number of nitrogens with one attached hydrogen (secondary N) is 1. The summed E-state index contributed by atoms with van der Waals surface area (Å²) in [5.74, 6) is 0.505. The lowest BCUT2D eigenvalue weighted by Crippen LogP contribution is -2.42. The van der Waals surface area contributed by atoms with Gasteiger partial charge in [-0.15, -0.1) is 0 Å². The van der Waals surface area contributed by atoms with E-state index in [0.717, 1.165) is 11.4 Å². The molecule has 23 heavy (non-hydrogen) atoms. The standard InChI is InChI=1S/C18H23N3O2/c1-13(16(22)11-14-7-5-4-6-8-14)20-18(23)15-9-10-19-17(12-15)21(2)3/h4-10,12-13,16,22H,11H2,1-3H3,(H,20,23). The first-order valence-electron chi connectivity index (χ1n) is 7.63. The minimum atomic E-state index is -0.642. The van der Waals surface area contributed by atoms with E-state index in [1.54, 1.807) is 25.3 Å². The number of aliphatic hydroxyl groups is 1. The molecule has 5 nitrogen and oxygen atoms in total. The van der Waals surface area contributed by atoms with Crippen molar-refractivity contribution in [3.63, 3.8) is 0 Å². The van der Waals surface area contributed by atoms with E-state index in [-0.39, 0.29) is 11.9 Å². The molecule has 1 heterocycles. The van der Waals surface area contributed by atoms with Gasteiger partial charge in [0.1, 0.15) is 5.82 Å². The molecule has 0 aliphatic carbocycles. The molecule has 1 amide bonds. The normalized spacial score (nSPS) is 13.2. The van der Waals surface area contributed by atoms with E-state index >= 15 is 0 Å². The van der Waals surface area contributed by atoms with E-state index in [2.05, 4.69) is 10.3 Å². The second-order valence-corrected chi connectivity index (χ2v) is 5.82. The fraction of sp³-hybridized carbons (Fsp3) is 0.333. The number of rotatable bonds is 6. The highest BCUT2D eigenvalue weighted by atomic mass is 16.3. The number of aliphatic hydroxyl groups excluding tert-OH is 1. The maximum Gasteiger partial charge on any atom is 0.251 e. The topological polar surface area (TPSA) is 65.5 Å². The van der Waals surface area contributed by atoms with Crippen molar-refractivity contribution in [3.05, 3.63) is 59.8 Å². The second-order valence-electron chi connectivity index (χ2n) is 5.82. The third-order valence-electron chi connectivity index (χ3n) is 3.69. The van der Waals surface area contributed by atoms with Crippen LogP contribution in [0, 0.1) is 0 Å². The summed E-state index contributed by atoms with van der Waals surface area (Å²) in [6, 6.07) is 12.8. The SMILES string of the molecule is CC(NC(=O)c1ccnc(N(C)C)c1)C(O)Cc1ccccc1. The van der Waals surface area contributed by atoms with Crippen LogP contribution >= 0.6 is 0 Å². The average molecular weight is 313 g/mol. The van der Waals surface area contributed by atoms with Gasteiger partial charge >= 0.3 is 0 Å². The number of pyridine rings is 1. The second kappa shape index (κ2) is 7.74. The molecule has 5 heteroatoms. The van der Waals surface area contributed by atoms with Crippen LogP contribution in [0.5, 0.6) is 0 Å². The van der Waals surface area contributed by atoms with E-state index in [4.69, 9.17) is 0 Å². The predicted octanol–water partition coefficient (Wildman–Crippen LogP) is 1.87. The fourth-order valence-electron chi connectivity index (χ4n) is 2.22. The summed E-state index contributed by atoms with van der Waals surface area (Å²) in [4.78, 5) is 18.3. The molecule has 0 aliphatic rings. The first-order valence-corrected chi connectivity index (χ1v) is 7.63. The van der Waals surface area contributed by atoms with E-state index in [1.807, 2.05) is 49.3 Å². The molecule has 2 aromatic rings. The monoisotopic (exact) mass is 313 g/mol. The molecular formula is C18H23N3O2. The Morgan fingerprint density at radius 2 is 1.96 bits per heavy atom. The molecule has 0 saturated heterocycles. The molecule has 1 aromatic carbocycles. The molecule has 2 N–H and O–H groups in total. The van der Waals surface area contributed by atoms with Crippen molar-refractivity contribution in [3.8, 4) is 0 Å². The molecule has 0 fully saturated rings. The molecule has 0 bridgehead atoms. The largest absolute Gasteiger partial charge is 0.391 e. The summed E-state index contributed by atoms with van der Waals surface area (Å²) >= 11 is 0. The Balaban J connectivity index is 1.97. The summed E-state index contributed by atoms with van der Waals surface area (Å²) in [6.45, 7) is 1.81. The van der Waals surface area contributed by atoms with Crippen LogP contribution in [0.3, 0.4) is 0 Å². The number of aromatic nitrogens is 1. The summed E-state index contributed by atoms with van der Waals surface area (Å²) in [7, 11) is 3.74. The van der Waals surface area contributed by atoms with Crippen LogP contribution in [-0.4, -0.2) is 42.2 Å². The third kappa shape index (κ3) is 4.79. The van der Waals surface area contributed by atoms with Crippen LogP contribution in [0.25, 0.3) is 0 Å². The van der Waals surface area contributed by atoms with Crippen LogP contribution in [0.15, 0.2) is 48.7 Å². The maximum atomic E-state index is 12.3. The van der Waals surface area contributed by atoms with Gasteiger partial charge in [-0.1, -0.05) is 30.3 Å². The van der Waals surface area contributed by atoms with Gasteiger partial charge in [-0.2, -0.15) is 0 Å². The molecule has 0 spiro atoms. The van der Waals surface area contributed by atoms with E-state index in [9.17, 15) is 9.90 Å². The number of carbonyl (C=O) groups excluding carboxylic acids is 1. The predicted molar refractivity (Wildman–Crippen MR) is 91.6 cm³/mol. The number of anilines is 1. The smallest absolute Gasteiger partial charge is 0.251 e. The molecule has 2 atom stereocenters. The van der Waals surface area contributed by atoms with Crippen LogP contribution in [0.4, 0.5) is 5.82 Å². The van der Waals surface area contributed by atoms with E-state index < -0.39 is 6.10 Å². The van der Waals surface area contributed by atoms with Crippen LogP contribution in [0.1, 0.15) is 22.8 Å². The number of nitrogens with zero attached hydrogens (tertiary/aromatic N) is 2. The van der Waals surface area contributed by atoms with Crippen molar-refractivity contribution in [2.75, 3.05) is 19.0 Å². The zero-order valence-corrected chi connectivity index (χ0v) is 13.7. The van der Waals surface area contributed by atoms with Crippen LogP contribution in [-0.2, 0) is 6.42 Å². The lowest BCUT2D eigenvalue weighted by molar-refractivity contribution is 0.0852. The van der Waals surface area contributed by atoms with Crippen molar-refractivity contribution in [1.82, 2.24) is 10.3 Å². The van der Waals surface area contributed by atoms with E-state index in [0.29, 0.717) is 12.0 Å². The van der Waals surface area contributed by atoms with Gasteiger partial charge in [0.05, 0.1) is 12.1 Å². The van der Waals surface area contributed by atoms with Crippen LogP contribution in [0.2, 0.25) is 0 Å². The van der Waals surface area contributed by atoms with Crippen molar-refractivity contribution < 1.29 is 9.90 Å². The van der Waals surface area contributed by atoms with Gasteiger partial charge < -0.3 is 15.3 Å². The molecule has 2 unspecified atom stereocenters. The molecule has 122 valence electrons. The Bertz CT molecular complexity index is 644.